The lowest BCUT2D eigenvalue weighted by molar-refractivity contribution is -0.125. The highest BCUT2D eigenvalue weighted by molar-refractivity contribution is 5.81. The van der Waals surface area contributed by atoms with Gasteiger partial charge < -0.3 is 0 Å². The van der Waals surface area contributed by atoms with Gasteiger partial charge in [0.05, 0.1) is 0 Å². The van der Waals surface area contributed by atoms with Crippen LogP contribution in [0, 0.1) is 17.8 Å². The van der Waals surface area contributed by atoms with Crippen LogP contribution in [0.4, 0.5) is 0 Å². The van der Waals surface area contributed by atoms with Crippen LogP contribution in [0.1, 0.15) is 65.7 Å². The van der Waals surface area contributed by atoms with E-state index >= 15 is 0 Å². The van der Waals surface area contributed by atoms with E-state index in [1.165, 1.54) is 25.7 Å². The largest absolute Gasteiger partial charge is 0.299 e. The molecule has 1 nitrogen and oxygen atoms in total. The van der Waals surface area contributed by atoms with Crippen molar-refractivity contribution in [2.75, 3.05) is 0 Å². The molecule has 2 unspecified atom stereocenters. The average Bonchev–Trinajstić information content (AvgIpc) is 2.25. The van der Waals surface area contributed by atoms with Gasteiger partial charge in [0.15, 0.2) is 0 Å². The number of ketones is 1. The molecular weight excluding hydrogens is 184 g/mol. The van der Waals surface area contributed by atoms with Crippen molar-refractivity contribution < 1.29 is 4.79 Å². The quantitative estimate of drug-likeness (QED) is 0.664. The summed E-state index contributed by atoms with van der Waals surface area (Å²) in [7, 11) is 0. The first-order chi connectivity index (χ1) is 7.15. The molecule has 0 N–H and O–H groups in total. The molecule has 0 bridgehead atoms. The Hall–Kier alpha value is -0.330. The standard InChI is InChI=1S/C14H26O/c1-4-12-7-5-6-8-13(12)14(15)10-9-11(2)3/h11-13H,4-10H2,1-3H3. The second-order valence-corrected chi connectivity index (χ2v) is 5.46. The smallest absolute Gasteiger partial charge is 0.136 e. The normalized spacial score (nSPS) is 26.9. The third kappa shape index (κ3) is 3.96. The van der Waals surface area contributed by atoms with E-state index in [9.17, 15) is 4.79 Å². The fraction of sp³-hybridized carbons (Fsp3) is 0.929. The lowest BCUT2D eigenvalue weighted by Crippen LogP contribution is -2.26. The van der Waals surface area contributed by atoms with E-state index in [0.29, 0.717) is 23.5 Å². The van der Waals surface area contributed by atoms with Crippen LogP contribution in [-0.4, -0.2) is 5.78 Å². The van der Waals surface area contributed by atoms with Gasteiger partial charge in [-0.3, -0.25) is 4.79 Å². The predicted octanol–water partition coefficient (Wildman–Crippen LogP) is 4.21. The first-order valence-corrected chi connectivity index (χ1v) is 6.67. The predicted molar refractivity (Wildman–Crippen MR) is 64.8 cm³/mol. The van der Waals surface area contributed by atoms with E-state index in [1.54, 1.807) is 0 Å². The average molecular weight is 210 g/mol. The molecule has 1 heteroatoms. The van der Waals surface area contributed by atoms with Gasteiger partial charge in [0, 0.05) is 12.3 Å². The summed E-state index contributed by atoms with van der Waals surface area (Å²) in [4.78, 5) is 12.1. The van der Waals surface area contributed by atoms with Crippen LogP contribution in [-0.2, 0) is 4.79 Å². The molecule has 1 aliphatic rings. The van der Waals surface area contributed by atoms with Gasteiger partial charge in [0.25, 0.3) is 0 Å². The van der Waals surface area contributed by atoms with Crippen molar-refractivity contribution in [3.8, 4) is 0 Å². The van der Waals surface area contributed by atoms with Crippen LogP contribution < -0.4 is 0 Å². The maximum Gasteiger partial charge on any atom is 0.136 e. The Balaban J connectivity index is 2.41. The molecule has 2 atom stereocenters. The molecular formula is C14H26O. The molecule has 0 saturated heterocycles. The Labute approximate surface area is 94.6 Å². The van der Waals surface area contributed by atoms with Gasteiger partial charge in [0.2, 0.25) is 0 Å². The van der Waals surface area contributed by atoms with Crippen molar-refractivity contribution in [3.63, 3.8) is 0 Å². The highest BCUT2D eigenvalue weighted by atomic mass is 16.1. The van der Waals surface area contributed by atoms with Gasteiger partial charge >= 0.3 is 0 Å². The Kier molecular flexibility index (Phi) is 5.35. The number of rotatable bonds is 5. The Morgan fingerprint density at radius 1 is 1.27 bits per heavy atom. The molecule has 0 aliphatic heterocycles. The molecule has 0 aromatic rings. The summed E-state index contributed by atoms with van der Waals surface area (Å²) in [5, 5.41) is 0. The van der Waals surface area contributed by atoms with Gasteiger partial charge in [-0.05, 0) is 31.1 Å². The number of hydrogen-bond acceptors (Lipinski definition) is 1. The van der Waals surface area contributed by atoms with E-state index in [2.05, 4.69) is 20.8 Å². The Bertz CT molecular complexity index is 196. The second-order valence-electron chi connectivity index (χ2n) is 5.46. The van der Waals surface area contributed by atoms with Crippen LogP contribution in [0.5, 0.6) is 0 Å². The molecule has 1 aliphatic carbocycles. The minimum Gasteiger partial charge on any atom is -0.299 e. The maximum atomic E-state index is 12.1. The molecule has 1 rings (SSSR count). The van der Waals surface area contributed by atoms with Crippen LogP contribution in [0.2, 0.25) is 0 Å². The highest BCUT2D eigenvalue weighted by Crippen LogP contribution is 2.33. The molecule has 15 heavy (non-hydrogen) atoms. The Morgan fingerprint density at radius 2 is 1.93 bits per heavy atom. The summed E-state index contributed by atoms with van der Waals surface area (Å²) in [5.74, 6) is 2.31. The first kappa shape index (κ1) is 12.7. The van der Waals surface area contributed by atoms with Crippen LogP contribution >= 0.6 is 0 Å². The van der Waals surface area contributed by atoms with Crippen molar-refractivity contribution in [3.05, 3.63) is 0 Å². The number of hydrogen-bond donors (Lipinski definition) is 0. The maximum absolute atomic E-state index is 12.1. The van der Waals surface area contributed by atoms with Gasteiger partial charge in [-0.15, -0.1) is 0 Å². The van der Waals surface area contributed by atoms with Crippen molar-refractivity contribution in [2.45, 2.75) is 65.7 Å². The highest BCUT2D eigenvalue weighted by Gasteiger charge is 2.28. The minimum absolute atomic E-state index is 0.405. The fourth-order valence-corrected chi connectivity index (χ4v) is 2.74. The first-order valence-electron chi connectivity index (χ1n) is 6.67. The molecule has 0 radical (unpaired) electrons. The van der Waals surface area contributed by atoms with Gasteiger partial charge in [-0.2, -0.15) is 0 Å². The monoisotopic (exact) mass is 210 g/mol. The van der Waals surface area contributed by atoms with E-state index in [4.69, 9.17) is 0 Å². The minimum atomic E-state index is 0.405. The van der Waals surface area contributed by atoms with Crippen molar-refractivity contribution >= 4 is 5.78 Å². The van der Waals surface area contributed by atoms with Crippen molar-refractivity contribution in [1.82, 2.24) is 0 Å². The molecule has 0 amide bonds. The molecule has 1 saturated carbocycles. The number of Topliss-reactive ketones (excluding diaryl/α,β-unsaturated/α-hetero) is 1. The summed E-state index contributed by atoms with van der Waals surface area (Å²) in [6.45, 7) is 6.63. The van der Waals surface area contributed by atoms with Crippen LogP contribution in [0.15, 0.2) is 0 Å². The van der Waals surface area contributed by atoms with E-state index in [0.717, 1.165) is 19.3 Å². The van der Waals surface area contributed by atoms with E-state index in [1.807, 2.05) is 0 Å². The molecule has 1 fully saturated rings. The summed E-state index contributed by atoms with van der Waals surface area (Å²) in [5.41, 5.74) is 0. The van der Waals surface area contributed by atoms with Gasteiger partial charge in [0.1, 0.15) is 5.78 Å². The molecule has 0 heterocycles. The Morgan fingerprint density at radius 3 is 2.53 bits per heavy atom. The summed E-state index contributed by atoms with van der Waals surface area (Å²) < 4.78 is 0. The summed E-state index contributed by atoms with van der Waals surface area (Å²) >= 11 is 0. The zero-order valence-corrected chi connectivity index (χ0v) is 10.6. The van der Waals surface area contributed by atoms with Gasteiger partial charge in [-0.25, -0.2) is 0 Å². The fourth-order valence-electron chi connectivity index (χ4n) is 2.74. The third-order valence-electron chi connectivity index (χ3n) is 3.82. The molecule has 0 aromatic carbocycles. The lowest BCUT2D eigenvalue weighted by atomic mass is 9.74. The summed E-state index contributed by atoms with van der Waals surface area (Å²) in [6, 6.07) is 0. The zero-order chi connectivity index (χ0) is 11.3. The zero-order valence-electron chi connectivity index (χ0n) is 10.6. The SMILES string of the molecule is CCC1CCCCC1C(=O)CCC(C)C. The summed E-state index contributed by atoms with van der Waals surface area (Å²) in [6.07, 6.45) is 8.15. The second kappa shape index (κ2) is 6.30. The topological polar surface area (TPSA) is 17.1 Å². The third-order valence-corrected chi connectivity index (χ3v) is 3.82. The number of carbonyl (C=O) groups excluding carboxylic acids is 1. The van der Waals surface area contributed by atoms with Crippen molar-refractivity contribution in [2.24, 2.45) is 17.8 Å². The molecule has 0 spiro atoms. The molecule has 0 aromatic heterocycles. The van der Waals surface area contributed by atoms with E-state index < -0.39 is 0 Å². The molecule has 88 valence electrons. The van der Waals surface area contributed by atoms with Crippen LogP contribution in [0.3, 0.4) is 0 Å². The lowest BCUT2D eigenvalue weighted by Gasteiger charge is -2.29. The number of carbonyl (C=O) groups is 1. The van der Waals surface area contributed by atoms with Gasteiger partial charge in [-0.1, -0.05) is 40.0 Å². The van der Waals surface area contributed by atoms with E-state index in [-0.39, 0.29) is 0 Å². The van der Waals surface area contributed by atoms with Crippen LogP contribution in [0.25, 0.3) is 0 Å². The van der Waals surface area contributed by atoms with Crippen molar-refractivity contribution in [1.29, 1.82) is 0 Å².